The first-order valence-corrected chi connectivity index (χ1v) is 8.08. The maximum atomic E-state index is 13.6. The molecule has 1 saturated heterocycles. The summed E-state index contributed by atoms with van der Waals surface area (Å²) in [6.07, 6.45) is 1.11. The molecule has 7 heteroatoms. The Balaban J connectivity index is 1.59. The molecule has 132 valence electrons. The highest BCUT2D eigenvalue weighted by molar-refractivity contribution is 5.80. The molecule has 1 aliphatic rings. The van der Waals surface area contributed by atoms with Gasteiger partial charge in [0.2, 0.25) is 5.91 Å². The van der Waals surface area contributed by atoms with Gasteiger partial charge in [0.1, 0.15) is 11.9 Å². The van der Waals surface area contributed by atoms with Gasteiger partial charge >= 0.3 is 0 Å². The number of benzene rings is 1. The quantitative estimate of drug-likeness (QED) is 0.898. The second kappa shape index (κ2) is 8.04. The van der Waals surface area contributed by atoms with Gasteiger partial charge in [-0.1, -0.05) is 12.1 Å². The number of halogens is 1. The second-order valence-corrected chi connectivity index (χ2v) is 5.73. The Morgan fingerprint density at radius 2 is 2.24 bits per heavy atom. The van der Waals surface area contributed by atoms with Crippen LogP contribution in [-0.2, 0) is 16.1 Å². The zero-order chi connectivity index (χ0) is 17.6. The van der Waals surface area contributed by atoms with Gasteiger partial charge in [-0.25, -0.2) is 4.39 Å². The normalized spacial score (nSPS) is 17.9. The molecule has 0 saturated carbocycles. The van der Waals surface area contributed by atoms with Gasteiger partial charge < -0.3 is 14.8 Å². The molecule has 1 unspecified atom stereocenters. The van der Waals surface area contributed by atoms with E-state index in [4.69, 9.17) is 9.47 Å². The van der Waals surface area contributed by atoms with Gasteiger partial charge in [0.25, 0.3) is 0 Å². The number of aromatic nitrogens is 1. The number of para-hydroxylation sites is 1. The summed E-state index contributed by atoms with van der Waals surface area (Å²) in [5.74, 6) is 0.101. The van der Waals surface area contributed by atoms with Gasteiger partial charge in [0.15, 0.2) is 11.6 Å². The molecule has 25 heavy (non-hydrogen) atoms. The van der Waals surface area contributed by atoms with Gasteiger partial charge in [-0.3, -0.25) is 14.7 Å². The molecule has 1 aromatic carbocycles. The molecular weight excluding hydrogens is 325 g/mol. The number of likely N-dealkylation sites (N-methyl/N-ethyl adjacent to an activating group) is 1. The van der Waals surface area contributed by atoms with Crippen molar-refractivity contribution in [3.63, 3.8) is 0 Å². The second-order valence-electron chi connectivity index (χ2n) is 5.73. The Morgan fingerprint density at radius 3 is 2.96 bits per heavy atom. The minimum absolute atomic E-state index is 0.119. The average Bonchev–Trinajstić information content (AvgIpc) is 2.65. The Morgan fingerprint density at radius 1 is 1.40 bits per heavy atom. The monoisotopic (exact) mass is 345 g/mol. The Bertz CT molecular complexity index is 724. The maximum absolute atomic E-state index is 13.6. The summed E-state index contributed by atoms with van der Waals surface area (Å²) in [5.41, 5.74) is 0.846. The first-order valence-electron chi connectivity index (χ1n) is 8.08. The van der Waals surface area contributed by atoms with Crippen LogP contribution in [0.2, 0.25) is 0 Å². The van der Waals surface area contributed by atoms with E-state index in [1.54, 1.807) is 37.5 Å². The topological polar surface area (TPSA) is 63.7 Å². The van der Waals surface area contributed by atoms with E-state index in [-0.39, 0.29) is 11.7 Å². The number of carbonyl (C=O) groups is 1. The summed E-state index contributed by atoms with van der Waals surface area (Å²) >= 11 is 0. The highest BCUT2D eigenvalue weighted by atomic mass is 19.1. The molecule has 2 aromatic rings. The van der Waals surface area contributed by atoms with Crippen LogP contribution >= 0.6 is 0 Å². The van der Waals surface area contributed by atoms with E-state index >= 15 is 0 Å². The van der Waals surface area contributed by atoms with Crippen LogP contribution in [0.1, 0.15) is 5.69 Å². The molecule has 1 amide bonds. The largest absolute Gasteiger partial charge is 0.453 e. The van der Waals surface area contributed by atoms with Gasteiger partial charge in [-0.05, 0) is 24.3 Å². The van der Waals surface area contributed by atoms with Crippen molar-refractivity contribution in [2.75, 3.05) is 26.7 Å². The van der Waals surface area contributed by atoms with Crippen molar-refractivity contribution in [3.8, 4) is 11.5 Å². The summed E-state index contributed by atoms with van der Waals surface area (Å²) in [6, 6.07) is 9.82. The van der Waals surface area contributed by atoms with Crippen LogP contribution in [0.25, 0.3) is 0 Å². The number of rotatable bonds is 5. The number of carbonyl (C=O) groups excluding carboxylic acids is 1. The Kier molecular flexibility index (Phi) is 5.57. The third kappa shape index (κ3) is 4.52. The van der Waals surface area contributed by atoms with E-state index in [1.807, 2.05) is 6.07 Å². The predicted octanol–water partition coefficient (Wildman–Crippen LogP) is 1.96. The number of nitrogens with one attached hydrogen (secondary N) is 1. The number of pyridine rings is 1. The van der Waals surface area contributed by atoms with Gasteiger partial charge in [-0.15, -0.1) is 0 Å². The van der Waals surface area contributed by atoms with Crippen molar-refractivity contribution in [3.05, 3.63) is 54.1 Å². The van der Waals surface area contributed by atoms with E-state index in [2.05, 4.69) is 15.2 Å². The van der Waals surface area contributed by atoms with E-state index in [9.17, 15) is 9.18 Å². The first kappa shape index (κ1) is 17.3. The minimum Gasteiger partial charge on any atom is -0.453 e. The fourth-order valence-electron chi connectivity index (χ4n) is 2.61. The van der Waals surface area contributed by atoms with Crippen LogP contribution < -0.4 is 10.1 Å². The van der Waals surface area contributed by atoms with Gasteiger partial charge in [0, 0.05) is 26.7 Å². The maximum Gasteiger partial charge on any atom is 0.250 e. The van der Waals surface area contributed by atoms with Gasteiger partial charge in [0.05, 0.1) is 18.5 Å². The molecule has 1 aliphatic heterocycles. The number of nitrogens with zero attached hydrogens (tertiary/aromatic N) is 2. The third-order valence-electron chi connectivity index (χ3n) is 3.94. The number of ether oxygens (including phenoxy) is 2. The van der Waals surface area contributed by atoms with Crippen LogP contribution in [0.3, 0.4) is 0 Å². The molecule has 1 aromatic heterocycles. The van der Waals surface area contributed by atoms with Crippen LogP contribution in [0.4, 0.5) is 4.39 Å². The molecule has 1 N–H and O–H groups in total. The van der Waals surface area contributed by atoms with Crippen molar-refractivity contribution in [1.82, 2.24) is 15.2 Å². The molecule has 1 fully saturated rings. The zero-order valence-corrected chi connectivity index (χ0v) is 13.9. The van der Waals surface area contributed by atoms with E-state index in [1.165, 1.54) is 6.07 Å². The number of hydrogen-bond donors (Lipinski definition) is 1. The molecular formula is C18H20FN3O3. The standard InChI is InChI=1S/C18H20FN3O3/c1-20-18(23)17-12-22(8-9-24-17)11-13-6-7-14(10-21-13)25-16-5-3-2-4-15(16)19/h2-7,10,17H,8-9,11-12H2,1H3,(H,20,23). The lowest BCUT2D eigenvalue weighted by Gasteiger charge is -2.31. The van der Waals surface area contributed by atoms with E-state index < -0.39 is 11.9 Å². The zero-order valence-electron chi connectivity index (χ0n) is 13.9. The Hall–Kier alpha value is -2.51. The summed E-state index contributed by atoms with van der Waals surface area (Å²) < 4.78 is 24.6. The van der Waals surface area contributed by atoms with Crippen molar-refractivity contribution < 1.29 is 18.7 Å². The fraction of sp³-hybridized carbons (Fsp3) is 0.333. The lowest BCUT2D eigenvalue weighted by molar-refractivity contribution is -0.138. The highest BCUT2D eigenvalue weighted by Crippen LogP contribution is 2.23. The molecule has 0 spiro atoms. The predicted molar refractivity (Wildman–Crippen MR) is 89.8 cm³/mol. The first-order chi connectivity index (χ1) is 12.2. The van der Waals surface area contributed by atoms with Crippen LogP contribution in [-0.4, -0.2) is 48.6 Å². The molecule has 0 aliphatic carbocycles. The van der Waals surface area contributed by atoms with Crippen LogP contribution in [0.5, 0.6) is 11.5 Å². The van der Waals surface area contributed by atoms with Crippen molar-refractivity contribution in [2.24, 2.45) is 0 Å². The van der Waals surface area contributed by atoms with Gasteiger partial charge in [-0.2, -0.15) is 0 Å². The minimum atomic E-state index is -0.456. The number of amides is 1. The van der Waals surface area contributed by atoms with E-state index in [0.717, 1.165) is 12.2 Å². The van der Waals surface area contributed by atoms with Crippen molar-refractivity contribution in [1.29, 1.82) is 0 Å². The smallest absolute Gasteiger partial charge is 0.250 e. The third-order valence-corrected chi connectivity index (χ3v) is 3.94. The van der Waals surface area contributed by atoms with E-state index in [0.29, 0.717) is 25.4 Å². The summed E-state index contributed by atoms with van der Waals surface area (Å²) in [4.78, 5) is 18.2. The summed E-state index contributed by atoms with van der Waals surface area (Å²) in [7, 11) is 1.60. The lowest BCUT2D eigenvalue weighted by atomic mass is 10.2. The highest BCUT2D eigenvalue weighted by Gasteiger charge is 2.25. The molecule has 3 rings (SSSR count). The molecule has 1 atom stereocenters. The SMILES string of the molecule is CNC(=O)C1CN(Cc2ccc(Oc3ccccc3F)cn2)CCO1. The molecule has 0 radical (unpaired) electrons. The molecule has 2 heterocycles. The summed E-state index contributed by atoms with van der Waals surface area (Å²) in [5, 5.41) is 2.60. The Labute approximate surface area is 145 Å². The lowest BCUT2D eigenvalue weighted by Crippen LogP contribution is -2.48. The molecule has 6 nitrogen and oxygen atoms in total. The van der Waals surface area contributed by atoms with Crippen molar-refractivity contribution in [2.45, 2.75) is 12.6 Å². The summed E-state index contributed by atoms with van der Waals surface area (Å²) in [6.45, 7) is 2.38. The number of morpholine rings is 1. The number of hydrogen-bond acceptors (Lipinski definition) is 5. The molecule has 0 bridgehead atoms. The fourth-order valence-corrected chi connectivity index (χ4v) is 2.61. The average molecular weight is 345 g/mol. The van der Waals surface area contributed by atoms with Crippen LogP contribution in [0.15, 0.2) is 42.6 Å². The van der Waals surface area contributed by atoms with Crippen molar-refractivity contribution >= 4 is 5.91 Å². The van der Waals surface area contributed by atoms with Crippen LogP contribution in [0, 0.1) is 5.82 Å².